The quantitative estimate of drug-likeness (QED) is 0.852. The highest BCUT2D eigenvalue weighted by Crippen LogP contribution is 2.24. The number of amides is 1. The molecule has 1 N–H and O–H groups in total. The maximum absolute atomic E-state index is 13.0. The van der Waals surface area contributed by atoms with Crippen LogP contribution >= 0.6 is 0 Å². The lowest BCUT2D eigenvalue weighted by Gasteiger charge is -2.31. The summed E-state index contributed by atoms with van der Waals surface area (Å²) in [5, 5.41) is 2.96. The van der Waals surface area contributed by atoms with Gasteiger partial charge in [-0.15, -0.1) is 0 Å². The van der Waals surface area contributed by atoms with Crippen LogP contribution in [0.25, 0.3) is 0 Å². The molecule has 134 valence electrons. The van der Waals surface area contributed by atoms with Crippen molar-refractivity contribution in [2.24, 2.45) is 5.92 Å². The number of halogens is 1. The number of nitrogens with one attached hydrogen (secondary N) is 1. The van der Waals surface area contributed by atoms with Crippen molar-refractivity contribution >= 4 is 15.9 Å². The van der Waals surface area contributed by atoms with Crippen molar-refractivity contribution in [2.45, 2.75) is 50.5 Å². The number of carbonyl (C=O) groups excluding carboxylic acids is 1. The minimum absolute atomic E-state index is 0.0595. The van der Waals surface area contributed by atoms with Crippen molar-refractivity contribution in [1.82, 2.24) is 9.62 Å². The van der Waals surface area contributed by atoms with E-state index in [-0.39, 0.29) is 29.3 Å². The first kappa shape index (κ1) is 18.9. The monoisotopic (exact) mass is 356 g/mol. The highest BCUT2D eigenvalue weighted by atomic mass is 32.2. The number of benzene rings is 1. The molecular formula is C17H25FN2O3S. The van der Waals surface area contributed by atoms with Gasteiger partial charge >= 0.3 is 0 Å². The summed E-state index contributed by atoms with van der Waals surface area (Å²) in [6.07, 6.45) is 3.20. The van der Waals surface area contributed by atoms with E-state index < -0.39 is 15.8 Å². The SMILES string of the molecule is CCC[C@H](C)NC(=O)[C@H]1CCCN(S(=O)(=O)c2ccc(F)cc2)C1. The molecule has 0 unspecified atom stereocenters. The Morgan fingerprint density at radius 1 is 1.38 bits per heavy atom. The number of hydrogen-bond acceptors (Lipinski definition) is 3. The lowest BCUT2D eigenvalue weighted by atomic mass is 9.98. The Morgan fingerprint density at radius 3 is 2.67 bits per heavy atom. The molecule has 1 aliphatic rings. The van der Waals surface area contributed by atoms with E-state index in [0.29, 0.717) is 19.4 Å². The minimum atomic E-state index is -3.70. The van der Waals surface area contributed by atoms with Crippen molar-refractivity contribution in [3.8, 4) is 0 Å². The maximum atomic E-state index is 13.0. The zero-order chi connectivity index (χ0) is 17.7. The van der Waals surface area contributed by atoms with Gasteiger partial charge in [0, 0.05) is 19.1 Å². The van der Waals surface area contributed by atoms with Crippen LogP contribution in [0, 0.1) is 11.7 Å². The van der Waals surface area contributed by atoms with Gasteiger partial charge in [-0.2, -0.15) is 4.31 Å². The van der Waals surface area contributed by atoms with Gasteiger partial charge < -0.3 is 5.32 Å². The van der Waals surface area contributed by atoms with Gasteiger partial charge in [0.15, 0.2) is 0 Å². The molecule has 1 aromatic carbocycles. The van der Waals surface area contributed by atoms with Crippen molar-refractivity contribution in [3.63, 3.8) is 0 Å². The van der Waals surface area contributed by atoms with Gasteiger partial charge in [-0.1, -0.05) is 13.3 Å². The third kappa shape index (κ3) is 4.54. The van der Waals surface area contributed by atoms with Gasteiger partial charge in [0.25, 0.3) is 0 Å². The fourth-order valence-corrected chi connectivity index (χ4v) is 4.52. The maximum Gasteiger partial charge on any atom is 0.243 e. The molecule has 24 heavy (non-hydrogen) atoms. The summed E-state index contributed by atoms with van der Waals surface area (Å²) >= 11 is 0. The first-order valence-electron chi connectivity index (χ1n) is 8.40. The highest BCUT2D eigenvalue weighted by molar-refractivity contribution is 7.89. The third-order valence-electron chi connectivity index (χ3n) is 4.32. The zero-order valence-corrected chi connectivity index (χ0v) is 15.0. The van der Waals surface area contributed by atoms with E-state index in [9.17, 15) is 17.6 Å². The van der Waals surface area contributed by atoms with E-state index in [2.05, 4.69) is 12.2 Å². The number of sulfonamides is 1. The molecule has 0 radical (unpaired) electrons. The summed E-state index contributed by atoms with van der Waals surface area (Å²) < 4.78 is 39.7. The first-order valence-corrected chi connectivity index (χ1v) is 9.84. The summed E-state index contributed by atoms with van der Waals surface area (Å²) in [5.41, 5.74) is 0. The second-order valence-electron chi connectivity index (χ2n) is 6.35. The van der Waals surface area contributed by atoms with E-state index >= 15 is 0 Å². The van der Waals surface area contributed by atoms with Gasteiger partial charge in [-0.3, -0.25) is 4.79 Å². The smallest absolute Gasteiger partial charge is 0.243 e. The average molecular weight is 356 g/mol. The third-order valence-corrected chi connectivity index (χ3v) is 6.20. The molecule has 0 aliphatic carbocycles. The van der Waals surface area contributed by atoms with Crippen molar-refractivity contribution in [1.29, 1.82) is 0 Å². The Hall–Kier alpha value is -1.47. The molecule has 0 aromatic heterocycles. The normalized spacial score (nSPS) is 20.5. The second kappa shape index (κ2) is 8.07. The molecule has 0 spiro atoms. The summed E-state index contributed by atoms with van der Waals surface area (Å²) in [6.45, 7) is 4.57. The Kier molecular flexibility index (Phi) is 6.34. The predicted molar refractivity (Wildman–Crippen MR) is 90.4 cm³/mol. The number of nitrogens with zero attached hydrogens (tertiary/aromatic N) is 1. The molecule has 0 saturated carbocycles. The predicted octanol–water partition coefficient (Wildman–Crippen LogP) is 2.53. The van der Waals surface area contributed by atoms with Crippen molar-refractivity contribution < 1.29 is 17.6 Å². The van der Waals surface area contributed by atoms with E-state index in [1.54, 1.807) is 0 Å². The summed E-state index contributed by atoms with van der Waals surface area (Å²) in [5.74, 6) is -0.905. The van der Waals surface area contributed by atoms with Crippen molar-refractivity contribution in [2.75, 3.05) is 13.1 Å². The van der Waals surface area contributed by atoms with Crippen LogP contribution in [0.2, 0.25) is 0 Å². The molecule has 1 aromatic rings. The lowest BCUT2D eigenvalue weighted by Crippen LogP contribution is -2.47. The number of hydrogen-bond donors (Lipinski definition) is 1. The fourth-order valence-electron chi connectivity index (χ4n) is 3.00. The number of carbonyl (C=O) groups is 1. The van der Waals surface area contributed by atoms with Crippen LogP contribution in [0.5, 0.6) is 0 Å². The second-order valence-corrected chi connectivity index (χ2v) is 8.29. The van der Waals surface area contributed by atoms with Gasteiger partial charge in [0.2, 0.25) is 15.9 Å². The van der Waals surface area contributed by atoms with E-state index in [4.69, 9.17) is 0 Å². The molecule has 1 amide bonds. The van der Waals surface area contributed by atoms with Crippen LogP contribution in [0.1, 0.15) is 39.5 Å². The van der Waals surface area contributed by atoms with E-state index in [1.807, 2.05) is 6.92 Å². The molecule has 1 saturated heterocycles. The van der Waals surface area contributed by atoms with Gasteiger partial charge in [-0.05, 0) is 50.5 Å². The van der Waals surface area contributed by atoms with Gasteiger partial charge in [0.05, 0.1) is 10.8 Å². The van der Waals surface area contributed by atoms with Gasteiger partial charge in [-0.25, -0.2) is 12.8 Å². The van der Waals surface area contributed by atoms with Crippen LogP contribution in [0.4, 0.5) is 4.39 Å². The Balaban J connectivity index is 2.07. The summed E-state index contributed by atoms with van der Waals surface area (Å²) in [7, 11) is -3.70. The molecule has 5 nitrogen and oxygen atoms in total. The summed E-state index contributed by atoms with van der Waals surface area (Å²) in [4.78, 5) is 12.4. The molecule has 2 atom stereocenters. The van der Waals surface area contributed by atoms with E-state index in [0.717, 1.165) is 25.0 Å². The topological polar surface area (TPSA) is 66.5 Å². The van der Waals surface area contributed by atoms with Crippen molar-refractivity contribution in [3.05, 3.63) is 30.1 Å². The van der Waals surface area contributed by atoms with Crippen LogP contribution in [-0.2, 0) is 14.8 Å². The van der Waals surface area contributed by atoms with Crippen LogP contribution in [-0.4, -0.2) is 37.8 Å². The van der Waals surface area contributed by atoms with Gasteiger partial charge in [0.1, 0.15) is 5.82 Å². The zero-order valence-electron chi connectivity index (χ0n) is 14.2. The highest BCUT2D eigenvalue weighted by Gasteiger charge is 2.33. The summed E-state index contributed by atoms with van der Waals surface area (Å²) in [6, 6.07) is 4.88. The molecule has 1 heterocycles. The Bertz CT molecular complexity index is 661. The Morgan fingerprint density at radius 2 is 2.04 bits per heavy atom. The number of rotatable bonds is 6. The number of piperidine rings is 1. The van der Waals surface area contributed by atoms with E-state index in [1.165, 1.54) is 16.4 Å². The molecular weight excluding hydrogens is 331 g/mol. The molecule has 1 fully saturated rings. The largest absolute Gasteiger partial charge is 0.353 e. The molecule has 2 rings (SSSR count). The van der Waals surface area contributed by atoms with Crippen LogP contribution in [0.15, 0.2) is 29.2 Å². The standard InChI is InChI=1S/C17H25FN2O3S/c1-3-5-13(2)19-17(21)14-6-4-11-20(12-14)24(22,23)16-9-7-15(18)8-10-16/h7-10,13-14H,3-6,11-12H2,1-2H3,(H,19,21)/t13-,14-/m0/s1. The molecule has 1 aliphatic heterocycles. The van der Waals surface area contributed by atoms with Crippen LogP contribution < -0.4 is 5.32 Å². The molecule has 7 heteroatoms. The lowest BCUT2D eigenvalue weighted by molar-refractivity contribution is -0.126. The Labute approximate surface area is 143 Å². The molecule has 0 bridgehead atoms. The fraction of sp³-hybridized carbons (Fsp3) is 0.588. The average Bonchev–Trinajstić information content (AvgIpc) is 2.55. The first-order chi connectivity index (χ1) is 11.3. The minimum Gasteiger partial charge on any atom is -0.353 e. The van der Waals surface area contributed by atoms with Crippen LogP contribution in [0.3, 0.4) is 0 Å².